The SMILES string of the molecule is CCOP(=O)(OCC(=O)OC)Oc1c2n(ccc1=O)N([C@@H]1c3ccccc3SCc3c1ccc(F)c3F)[C@]13C[C@H]1OCCN3C2=O. The van der Waals surface area contributed by atoms with Gasteiger partial charge in [-0.3, -0.25) is 28.3 Å². The minimum Gasteiger partial charge on any atom is -0.467 e. The van der Waals surface area contributed by atoms with E-state index in [0.29, 0.717) is 12.0 Å². The summed E-state index contributed by atoms with van der Waals surface area (Å²) in [6, 6.07) is 10.4. The Hall–Kier alpha value is -3.75. The van der Waals surface area contributed by atoms with E-state index in [1.165, 1.54) is 35.6 Å². The molecule has 3 aliphatic heterocycles. The molecule has 0 bridgehead atoms. The molecule has 0 N–H and O–H groups in total. The van der Waals surface area contributed by atoms with Crippen molar-refractivity contribution in [3.05, 3.63) is 92.9 Å². The Morgan fingerprint density at radius 2 is 1.93 bits per heavy atom. The van der Waals surface area contributed by atoms with Gasteiger partial charge < -0.3 is 18.9 Å². The van der Waals surface area contributed by atoms with Gasteiger partial charge in [0.15, 0.2) is 29.6 Å². The average Bonchev–Trinajstić information content (AvgIpc) is 3.81. The number of rotatable bonds is 8. The molecule has 4 atom stereocenters. The summed E-state index contributed by atoms with van der Waals surface area (Å²) in [6.07, 6.45) is 1.35. The minimum absolute atomic E-state index is 0.143. The van der Waals surface area contributed by atoms with Crippen molar-refractivity contribution in [1.82, 2.24) is 9.58 Å². The van der Waals surface area contributed by atoms with E-state index in [1.54, 1.807) is 4.90 Å². The molecule has 2 fully saturated rings. The molecule has 1 amide bonds. The predicted octanol–water partition coefficient (Wildman–Crippen LogP) is 4.13. The molecule has 4 heterocycles. The van der Waals surface area contributed by atoms with E-state index < -0.39 is 66.9 Å². The summed E-state index contributed by atoms with van der Waals surface area (Å²) in [5.74, 6) is -3.91. The second kappa shape index (κ2) is 11.5. The highest BCUT2D eigenvalue weighted by Crippen LogP contribution is 2.58. The number of phosphoric ester groups is 1. The van der Waals surface area contributed by atoms with Gasteiger partial charge in [-0.05, 0) is 30.2 Å². The maximum Gasteiger partial charge on any atom is 0.530 e. The van der Waals surface area contributed by atoms with Gasteiger partial charge in [-0.15, -0.1) is 11.8 Å². The Kier molecular flexibility index (Phi) is 7.72. The maximum atomic E-state index is 15.5. The number of hydrogen-bond donors (Lipinski definition) is 0. The number of ether oxygens (including phenoxy) is 2. The molecule has 0 radical (unpaired) electrons. The van der Waals surface area contributed by atoms with E-state index in [2.05, 4.69) is 4.74 Å². The molecule has 12 nitrogen and oxygen atoms in total. The number of hydrogen-bond acceptors (Lipinski definition) is 11. The van der Waals surface area contributed by atoms with Crippen LogP contribution in [0.25, 0.3) is 0 Å². The number of nitrogens with zero attached hydrogens (tertiary/aromatic N) is 3. The second-order valence-electron chi connectivity index (χ2n) is 10.9. The standard InChI is InChI=1S/C30H28F2N3O9PS/c1-3-42-45(39,43-15-24(37)40-2)44-28-21(36)10-11-34-27(28)29(38)33-12-13-41-23-14-30(23,33)35(34)26-17-8-9-20(31)25(32)19(17)16-46-22-7-5-4-6-18(22)26/h4-11,23,26H,3,12-16H2,1-2H3/t23-,26+,30-,45?/m1/s1. The van der Waals surface area contributed by atoms with Crippen molar-refractivity contribution >= 4 is 31.5 Å². The molecule has 1 aromatic heterocycles. The zero-order chi connectivity index (χ0) is 32.4. The number of carbonyl (C=O) groups is 2. The fourth-order valence-corrected chi connectivity index (χ4v) is 8.70. The Morgan fingerprint density at radius 1 is 1.13 bits per heavy atom. The van der Waals surface area contributed by atoms with E-state index in [0.717, 1.165) is 29.7 Å². The zero-order valence-corrected chi connectivity index (χ0v) is 26.4. The van der Waals surface area contributed by atoms with Crippen LogP contribution in [0.2, 0.25) is 0 Å². The number of esters is 1. The maximum absolute atomic E-state index is 15.5. The predicted molar refractivity (Wildman–Crippen MR) is 159 cm³/mol. The van der Waals surface area contributed by atoms with E-state index in [9.17, 15) is 23.3 Å². The summed E-state index contributed by atoms with van der Waals surface area (Å²) in [6.45, 7) is 0.867. The molecule has 1 saturated heterocycles. The fourth-order valence-electron chi connectivity index (χ4n) is 6.43. The number of halogens is 2. The lowest BCUT2D eigenvalue weighted by Gasteiger charge is -2.52. The zero-order valence-electron chi connectivity index (χ0n) is 24.6. The lowest BCUT2D eigenvalue weighted by Crippen LogP contribution is -2.68. The van der Waals surface area contributed by atoms with E-state index >= 15 is 4.39 Å². The van der Waals surface area contributed by atoms with Crippen LogP contribution in [-0.2, 0) is 33.6 Å². The molecule has 1 aliphatic carbocycles. The van der Waals surface area contributed by atoms with Gasteiger partial charge in [0.25, 0.3) is 5.91 Å². The number of methoxy groups -OCH3 is 1. The van der Waals surface area contributed by atoms with Gasteiger partial charge in [0.1, 0.15) is 6.10 Å². The van der Waals surface area contributed by atoms with Crippen LogP contribution in [-0.4, -0.2) is 66.7 Å². The number of benzene rings is 2. The number of aromatic nitrogens is 1. The third-order valence-electron chi connectivity index (χ3n) is 8.47. The summed E-state index contributed by atoms with van der Waals surface area (Å²) >= 11 is 1.36. The first-order chi connectivity index (χ1) is 22.1. The van der Waals surface area contributed by atoms with Gasteiger partial charge >= 0.3 is 13.8 Å². The number of carbonyl (C=O) groups excluding carboxylic acids is 2. The normalized spacial score (nSPS) is 24.0. The highest BCUT2D eigenvalue weighted by molar-refractivity contribution is 7.98. The first-order valence-electron chi connectivity index (χ1n) is 14.5. The quantitative estimate of drug-likeness (QED) is 0.253. The van der Waals surface area contributed by atoms with E-state index in [1.807, 2.05) is 29.3 Å². The number of phosphoric acid groups is 1. The molecule has 4 aliphatic rings. The van der Waals surface area contributed by atoms with Crippen LogP contribution in [0.5, 0.6) is 5.75 Å². The van der Waals surface area contributed by atoms with Gasteiger partial charge in [-0.1, -0.05) is 24.3 Å². The lowest BCUT2D eigenvalue weighted by atomic mass is 9.92. The molecule has 16 heteroatoms. The van der Waals surface area contributed by atoms with Crippen molar-refractivity contribution in [3.63, 3.8) is 0 Å². The number of fused-ring (bicyclic) bond motifs is 3. The third kappa shape index (κ3) is 4.75. The largest absolute Gasteiger partial charge is 0.530 e. The molecule has 1 spiro atoms. The van der Waals surface area contributed by atoms with Crippen molar-refractivity contribution < 1.29 is 46.0 Å². The minimum atomic E-state index is -4.65. The van der Waals surface area contributed by atoms with Crippen molar-refractivity contribution in [1.29, 1.82) is 0 Å². The molecular formula is C30H28F2N3O9PS. The summed E-state index contributed by atoms with van der Waals surface area (Å²) in [7, 11) is -3.54. The highest BCUT2D eigenvalue weighted by atomic mass is 32.2. The molecule has 1 saturated carbocycles. The van der Waals surface area contributed by atoms with Crippen molar-refractivity contribution in [2.75, 3.05) is 38.5 Å². The lowest BCUT2D eigenvalue weighted by molar-refractivity contribution is -0.143. The first-order valence-corrected chi connectivity index (χ1v) is 16.9. The van der Waals surface area contributed by atoms with Crippen molar-refractivity contribution in [2.24, 2.45) is 0 Å². The first kappa shape index (κ1) is 30.9. The van der Waals surface area contributed by atoms with Crippen LogP contribution < -0.4 is 15.0 Å². The third-order valence-corrected chi connectivity index (χ3v) is 11.0. The van der Waals surface area contributed by atoms with Crippen molar-refractivity contribution in [3.8, 4) is 5.75 Å². The number of amides is 1. The summed E-state index contributed by atoms with van der Waals surface area (Å²) in [5, 5.41) is 1.83. The van der Waals surface area contributed by atoms with Crippen LogP contribution in [0.1, 0.15) is 46.6 Å². The summed E-state index contributed by atoms with van der Waals surface area (Å²) in [5.41, 5.74) is -0.769. The monoisotopic (exact) mass is 675 g/mol. The van der Waals surface area contributed by atoms with Crippen LogP contribution in [0.3, 0.4) is 0 Å². The number of pyridine rings is 1. The second-order valence-corrected chi connectivity index (χ2v) is 13.5. The van der Waals surface area contributed by atoms with E-state index in [-0.39, 0.29) is 36.8 Å². The fraction of sp³-hybridized carbons (Fsp3) is 0.367. The molecule has 1 unspecified atom stereocenters. The Labute approximate surface area is 265 Å². The van der Waals surface area contributed by atoms with Crippen LogP contribution in [0, 0.1) is 11.6 Å². The number of morpholine rings is 1. The Morgan fingerprint density at radius 3 is 2.72 bits per heavy atom. The Bertz CT molecular complexity index is 1880. The van der Waals surface area contributed by atoms with Gasteiger partial charge in [-0.25, -0.2) is 18.1 Å². The van der Waals surface area contributed by atoms with Crippen LogP contribution >= 0.6 is 19.6 Å². The Balaban J connectivity index is 1.46. The molecule has 242 valence electrons. The molecule has 46 heavy (non-hydrogen) atoms. The molecule has 7 rings (SSSR count). The number of thioether (sulfide) groups is 1. The van der Waals surface area contributed by atoms with Crippen molar-refractivity contribution in [2.45, 2.75) is 41.8 Å². The van der Waals surface area contributed by atoms with Gasteiger partial charge in [0.2, 0.25) is 11.2 Å². The summed E-state index contributed by atoms with van der Waals surface area (Å²) in [4.78, 5) is 41.9. The van der Waals surface area contributed by atoms with Crippen LogP contribution in [0.15, 0.2) is 58.4 Å². The van der Waals surface area contributed by atoms with Gasteiger partial charge in [0.05, 0.1) is 26.4 Å². The smallest absolute Gasteiger partial charge is 0.467 e. The topological polar surface area (TPSA) is 126 Å². The van der Waals surface area contributed by atoms with Crippen LogP contribution in [0.4, 0.5) is 8.78 Å². The molecule has 2 aromatic carbocycles. The average molecular weight is 676 g/mol. The molecular weight excluding hydrogens is 647 g/mol. The van der Waals surface area contributed by atoms with Gasteiger partial charge in [-0.2, -0.15) is 0 Å². The van der Waals surface area contributed by atoms with E-state index in [4.69, 9.17) is 18.3 Å². The molecule has 3 aromatic rings. The summed E-state index contributed by atoms with van der Waals surface area (Å²) < 4.78 is 71.9. The highest BCUT2D eigenvalue weighted by Gasteiger charge is 2.71. The van der Waals surface area contributed by atoms with Gasteiger partial charge in [0, 0.05) is 41.4 Å².